The van der Waals surface area contributed by atoms with E-state index in [4.69, 9.17) is 5.84 Å². The van der Waals surface area contributed by atoms with Crippen LogP contribution in [0.2, 0.25) is 0 Å². The van der Waals surface area contributed by atoms with Gasteiger partial charge in [-0.3, -0.25) is 0 Å². The first-order chi connectivity index (χ1) is 8.70. The highest BCUT2D eigenvalue weighted by Gasteiger charge is 2.10. The number of hydrogen-bond donors (Lipinski definition) is 3. The molecule has 0 aromatic carbocycles. The fraction of sp³-hybridized carbons (Fsp3) is 0.100. The van der Waals surface area contributed by atoms with Crippen LogP contribution in [0.5, 0.6) is 0 Å². The van der Waals surface area contributed by atoms with Crippen LogP contribution >= 0.6 is 0 Å². The molecule has 0 aliphatic carbocycles. The Bertz CT molecular complexity index is 533. The minimum absolute atomic E-state index is 0.108. The van der Waals surface area contributed by atoms with Gasteiger partial charge in [0, 0.05) is 12.3 Å². The molecule has 0 fully saturated rings. The summed E-state index contributed by atoms with van der Waals surface area (Å²) in [6.45, 7) is 0.238. The van der Waals surface area contributed by atoms with Gasteiger partial charge >= 0.3 is 0 Å². The lowest BCUT2D eigenvalue weighted by Crippen LogP contribution is -2.13. The van der Waals surface area contributed by atoms with Crippen molar-refractivity contribution in [3.63, 3.8) is 0 Å². The molecule has 2 rings (SSSR count). The number of anilines is 2. The number of nitrogens with two attached hydrogens (primary N) is 1. The second kappa shape index (κ2) is 5.32. The van der Waals surface area contributed by atoms with Gasteiger partial charge in [0.1, 0.15) is 6.33 Å². The number of halogens is 2. The van der Waals surface area contributed by atoms with Crippen LogP contribution in [0.3, 0.4) is 0 Å². The second-order valence-electron chi connectivity index (χ2n) is 3.35. The summed E-state index contributed by atoms with van der Waals surface area (Å²) in [7, 11) is 0. The molecule has 0 atom stereocenters. The largest absolute Gasteiger partial charge is 0.362 e. The number of hydrogen-bond acceptors (Lipinski definition) is 6. The zero-order valence-corrected chi connectivity index (χ0v) is 9.19. The topological polar surface area (TPSA) is 88.8 Å². The first-order valence-electron chi connectivity index (χ1n) is 5.02. The molecule has 0 aliphatic rings. The van der Waals surface area contributed by atoms with Gasteiger partial charge in [-0.05, 0) is 6.07 Å². The summed E-state index contributed by atoms with van der Waals surface area (Å²) in [6, 6.07) is 2.36. The summed E-state index contributed by atoms with van der Waals surface area (Å²) in [4.78, 5) is 11.4. The Morgan fingerprint density at radius 1 is 1.22 bits per heavy atom. The second-order valence-corrected chi connectivity index (χ2v) is 3.35. The van der Waals surface area contributed by atoms with E-state index in [2.05, 4.69) is 20.3 Å². The Morgan fingerprint density at radius 2 is 2.00 bits per heavy atom. The van der Waals surface area contributed by atoms with Crippen molar-refractivity contribution in [1.82, 2.24) is 15.0 Å². The third-order valence-corrected chi connectivity index (χ3v) is 2.15. The van der Waals surface area contributed by atoms with Gasteiger partial charge in [0.15, 0.2) is 23.3 Å². The summed E-state index contributed by atoms with van der Waals surface area (Å²) in [6.07, 6.45) is 2.93. The summed E-state index contributed by atoms with van der Waals surface area (Å²) >= 11 is 0. The average molecular weight is 252 g/mol. The van der Waals surface area contributed by atoms with Crippen LogP contribution in [0, 0.1) is 11.6 Å². The van der Waals surface area contributed by atoms with Crippen LogP contribution < -0.4 is 16.6 Å². The summed E-state index contributed by atoms with van der Waals surface area (Å²) < 4.78 is 26.5. The Kier molecular flexibility index (Phi) is 3.58. The maximum Gasteiger partial charge on any atom is 0.178 e. The number of nitrogens with one attached hydrogen (secondary N) is 2. The van der Waals surface area contributed by atoms with Gasteiger partial charge in [-0.2, -0.15) is 0 Å². The van der Waals surface area contributed by atoms with E-state index in [9.17, 15) is 8.78 Å². The van der Waals surface area contributed by atoms with Gasteiger partial charge in [-0.15, -0.1) is 0 Å². The van der Waals surface area contributed by atoms with E-state index in [-0.39, 0.29) is 18.2 Å². The maximum absolute atomic E-state index is 13.4. The third-order valence-electron chi connectivity index (χ3n) is 2.15. The molecule has 0 bridgehead atoms. The summed E-state index contributed by atoms with van der Waals surface area (Å²) in [5.74, 6) is 3.05. The van der Waals surface area contributed by atoms with Crippen molar-refractivity contribution in [2.45, 2.75) is 6.54 Å². The summed E-state index contributed by atoms with van der Waals surface area (Å²) in [5.41, 5.74) is 2.69. The summed E-state index contributed by atoms with van der Waals surface area (Å²) in [5, 5.41) is 2.69. The van der Waals surface area contributed by atoms with E-state index < -0.39 is 11.6 Å². The molecule has 94 valence electrons. The van der Waals surface area contributed by atoms with Gasteiger partial charge in [-0.1, -0.05) is 0 Å². The van der Waals surface area contributed by atoms with Gasteiger partial charge < -0.3 is 10.7 Å². The van der Waals surface area contributed by atoms with E-state index in [1.54, 1.807) is 12.3 Å². The number of nitrogen functional groups attached to an aromatic ring is 1. The predicted octanol–water partition coefficient (Wildman–Crippen LogP) is 1.05. The number of aromatic nitrogens is 3. The van der Waals surface area contributed by atoms with E-state index in [1.807, 2.05) is 5.43 Å². The van der Waals surface area contributed by atoms with Gasteiger partial charge in [0.25, 0.3) is 0 Å². The highest BCUT2D eigenvalue weighted by Crippen LogP contribution is 2.18. The molecule has 8 heteroatoms. The molecule has 0 aliphatic heterocycles. The van der Waals surface area contributed by atoms with E-state index >= 15 is 0 Å². The van der Waals surface area contributed by atoms with Gasteiger partial charge in [0.05, 0.1) is 12.2 Å². The molecule has 0 amide bonds. The lowest BCUT2D eigenvalue weighted by molar-refractivity contribution is 0.578. The van der Waals surface area contributed by atoms with Crippen molar-refractivity contribution in [2.75, 3.05) is 10.7 Å². The fourth-order valence-electron chi connectivity index (χ4n) is 1.29. The number of pyridine rings is 1. The maximum atomic E-state index is 13.4. The van der Waals surface area contributed by atoms with E-state index in [0.29, 0.717) is 11.8 Å². The molecular formula is C10H10F2N6. The van der Waals surface area contributed by atoms with Crippen LogP contribution in [0.15, 0.2) is 24.7 Å². The van der Waals surface area contributed by atoms with E-state index in [1.165, 1.54) is 6.33 Å². The lowest BCUT2D eigenvalue weighted by Gasteiger charge is -2.08. The molecule has 2 aromatic heterocycles. The van der Waals surface area contributed by atoms with Gasteiger partial charge in [0.2, 0.25) is 0 Å². The minimum atomic E-state index is -0.859. The highest BCUT2D eigenvalue weighted by molar-refractivity contribution is 5.46. The zero-order valence-electron chi connectivity index (χ0n) is 9.19. The Morgan fingerprint density at radius 3 is 2.67 bits per heavy atom. The predicted molar refractivity (Wildman–Crippen MR) is 61.3 cm³/mol. The molecule has 0 unspecified atom stereocenters. The molecule has 0 spiro atoms. The van der Waals surface area contributed by atoms with Gasteiger partial charge in [-0.25, -0.2) is 29.6 Å². The van der Waals surface area contributed by atoms with Crippen LogP contribution in [-0.2, 0) is 6.54 Å². The number of rotatable bonds is 4. The highest BCUT2D eigenvalue weighted by atomic mass is 19.1. The normalized spacial score (nSPS) is 10.2. The molecule has 6 nitrogen and oxygen atoms in total. The number of hydrazine groups is 1. The Balaban J connectivity index is 2.14. The fourth-order valence-corrected chi connectivity index (χ4v) is 1.29. The molecule has 0 saturated carbocycles. The molecule has 18 heavy (non-hydrogen) atoms. The van der Waals surface area contributed by atoms with Crippen molar-refractivity contribution >= 4 is 11.6 Å². The van der Waals surface area contributed by atoms with Crippen LogP contribution in [0.25, 0.3) is 0 Å². The number of nitrogens with zero attached hydrogens (tertiary/aromatic N) is 3. The van der Waals surface area contributed by atoms with E-state index in [0.717, 1.165) is 0 Å². The monoisotopic (exact) mass is 252 g/mol. The Labute approximate surface area is 101 Å². The smallest absolute Gasteiger partial charge is 0.178 e. The van der Waals surface area contributed by atoms with Crippen molar-refractivity contribution in [3.05, 3.63) is 42.0 Å². The van der Waals surface area contributed by atoms with Crippen molar-refractivity contribution in [1.29, 1.82) is 0 Å². The zero-order chi connectivity index (χ0) is 13.0. The van der Waals surface area contributed by atoms with Crippen LogP contribution in [0.1, 0.15) is 5.69 Å². The Hall–Kier alpha value is -2.35. The molecular weight excluding hydrogens is 242 g/mol. The first kappa shape index (κ1) is 12.1. The lowest BCUT2D eigenvalue weighted by atomic mass is 10.3. The van der Waals surface area contributed by atoms with Crippen molar-refractivity contribution in [2.24, 2.45) is 5.84 Å². The average Bonchev–Trinajstić information content (AvgIpc) is 2.39. The molecule has 2 heterocycles. The minimum Gasteiger partial charge on any atom is -0.362 e. The third kappa shape index (κ3) is 2.66. The molecule has 2 aromatic rings. The molecule has 4 N–H and O–H groups in total. The quantitative estimate of drug-likeness (QED) is 0.556. The van der Waals surface area contributed by atoms with Crippen LogP contribution in [-0.4, -0.2) is 15.0 Å². The molecule has 0 saturated heterocycles. The first-order valence-corrected chi connectivity index (χ1v) is 5.02. The van der Waals surface area contributed by atoms with Crippen molar-refractivity contribution in [3.8, 4) is 0 Å². The van der Waals surface area contributed by atoms with Crippen LogP contribution in [0.4, 0.5) is 20.4 Å². The molecule has 0 radical (unpaired) electrons. The van der Waals surface area contributed by atoms with Crippen molar-refractivity contribution < 1.29 is 8.78 Å². The standard InChI is InChI=1S/C10H10F2N6/c11-7-3-8(12)10(18-13)17-9(7)15-4-6-1-2-14-5-16-6/h1-3,5H,4,13H2,(H2,15,17,18). The SMILES string of the molecule is NNc1nc(NCc2ccncn2)c(F)cc1F.